The molecule has 1 saturated heterocycles. The molecule has 0 amide bonds. The second-order valence-corrected chi connectivity index (χ2v) is 6.30. The number of aromatic nitrogens is 2. The minimum Gasteiger partial charge on any atom is -0.467 e. The van der Waals surface area contributed by atoms with Gasteiger partial charge in [0.25, 0.3) is 0 Å². The van der Waals surface area contributed by atoms with Crippen LogP contribution in [0.4, 0.5) is 5.82 Å². The molecular formula is C19H23N5O. The summed E-state index contributed by atoms with van der Waals surface area (Å²) < 4.78 is 5.11. The van der Waals surface area contributed by atoms with Crippen LogP contribution in [0.3, 0.4) is 0 Å². The number of benzene rings is 1. The fraction of sp³-hybridized carbons (Fsp3) is 0.421. The molecule has 0 unspecified atom stereocenters. The van der Waals surface area contributed by atoms with Crippen LogP contribution in [-0.2, 0) is 6.54 Å². The van der Waals surface area contributed by atoms with Gasteiger partial charge in [0.05, 0.1) is 18.7 Å². The van der Waals surface area contributed by atoms with Crippen LogP contribution in [-0.4, -0.2) is 48.2 Å². The number of hydrogen-bond acceptors (Lipinski definition) is 6. The van der Waals surface area contributed by atoms with Crippen LogP contribution in [0.25, 0.3) is 0 Å². The Labute approximate surface area is 148 Å². The van der Waals surface area contributed by atoms with E-state index in [1.807, 2.05) is 30.3 Å². The van der Waals surface area contributed by atoms with Gasteiger partial charge in [-0.1, -0.05) is 18.2 Å². The molecule has 0 aliphatic carbocycles. The standard InChI is InChI=1S/C19H23N5O/c1-23(14-16-6-4-3-5-15(16)13-20)17-8-11-24(12-9-17)18-7-10-21-19(22-18)25-2/h3-7,10,17H,8-9,11-12,14H2,1-2H3. The van der Waals surface area contributed by atoms with Crippen LogP contribution in [0.1, 0.15) is 24.0 Å². The Hall–Kier alpha value is -2.65. The van der Waals surface area contributed by atoms with Crippen molar-refractivity contribution in [1.29, 1.82) is 5.26 Å². The fourth-order valence-electron chi connectivity index (χ4n) is 3.31. The van der Waals surface area contributed by atoms with Gasteiger partial charge in [-0.25, -0.2) is 4.98 Å². The molecule has 6 heteroatoms. The Morgan fingerprint density at radius 3 is 2.76 bits per heavy atom. The number of anilines is 1. The zero-order valence-electron chi connectivity index (χ0n) is 14.7. The van der Waals surface area contributed by atoms with Crippen molar-refractivity contribution in [1.82, 2.24) is 14.9 Å². The van der Waals surface area contributed by atoms with E-state index in [1.165, 1.54) is 0 Å². The second kappa shape index (κ2) is 7.95. The highest BCUT2D eigenvalue weighted by atomic mass is 16.5. The maximum atomic E-state index is 9.25. The maximum Gasteiger partial charge on any atom is 0.318 e. The maximum absolute atomic E-state index is 9.25. The molecule has 130 valence electrons. The lowest BCUT2D eigenvalue weighted by Crippen LogP contribution is -2.43. The molecule has 1 aromatic carbocycles. The Morgan fingerprint density at radius 2 is 2.04 bits per heavy atom. The Bertz CT molecular complexity index is 749. The molecule has 1 aliphatic rings. The summed E-state index contributed by atoms with van der Waals surface area (Å²) in [5, 5.41) is 9.25. The smallest absolute Gasteiger partial charge is 0.318 e. The van der Waals surface area contributed by atoms with Crippen LogP contribution in [0.15, 0.2) is 36.5 Å². The van der Waals surface area contributed by atoms with E-state index in [4.69, 9.17) is 4.74 Å². The molecule has 0 saturated carbocycles. The van der Waals surface area contributed by atoms with Gasteiger partial charge in [0.1, 0.15) is 5.82 Å². The molecule has 3 rings (SSSR count). The summed E-state index contributed by atoms with van der Waals surface area (Å²) in [6.45, 7) is 2.71. The molecule has 0 bridgehead atoms. The van der Waals surface area contributed by atoms with Gasteiger partial charge >= 0.3 is 6.01 Å². The molecule has 1 fully saturated rings. The zero-order chi connectivity index (χ0) is 17.6. The summed E-state index contributed by atoms with van der Waals surface area (Å²) in [4.78, 5) is 13.1. The summed E-state index contributed by atoms with van der Waals surface area (Å²) in [5.41, 5.74) is 1.86. The number of rotatable bonds is 5. The summed E-state index contributed by atoms with van der Waals surface area (Å²) in [6.07, 6.45) is 3.87. The van der Waals surface area contributed by atoms with Gasteiger partial charge in [-0.3, -0.25) is 4.90 Å². The highest BCUT2D eigenvalue weighted by molar-refractivity contribution is 5.39. The van der Waals surface area contributed by atoms with Crippen LogP contribution >= 0.6 is 0 Å². The third-order valence-corrected chi connectivity index (χ3v) is 4.77. The van der Waals surface area contributed by atoms with Crippen molar-refractivity contribution in [3.05, 3.63) is 47.7 Å². The first kappa shape index (κ1) is 17.2. The molecule has 1 aromatic heterocycles. The second-order valence-electron chi connectivity index (χ2n) is 6.30. The molecule has 2 heterocycles. The number of hydrogen-bond donors (Lipinski definition) is 0. The lowest BCUT2D eigenvalue weighted by molar-refractivity contribution is 0.200. The van der Waals surface area contributed by atoms with E-state index in [0.29, 0.717) is 12.1 Å². The first-order valence-electron chi connectivity index (χ1n) is 8.51. The highest BCUT2D eigenvalue weighted by Crippen LogP contribution is 2.23. The number of ether oxygens (including phenoxy) is 1. The topological polar surface area (TPSA) is 65.3 Å². The predicted octanol–water partition coefficient (Wildman–Crippen LogP) is 2.46. The van der Waals surface area contributed by atoms with Crippen molar-refractivity contribution >= 4 is 5.82 Å². The molecule has 0 radical (unpaired) electrons. The third kappa shape index (κ3) is 4.06. The molecule has 0 N–H and O–H groups in total. The number of nitrogens with zero attached hydrogens (tertiary/aromatic N) is 5. The van der Waals surface area contributed by atoms with E-state index in [9.17, 15) is 5.26 Å². The summed E-state index contributed by atoms with van der Waals surface area (Å²) in [5.74, 6) is 0.919. The van der Waals surface area contributed by atoms with Crippen LogP contribution in [0.2, 0.25) is 0 Å². The lowest BCUT2D eigenvalue weighted by atomic mass is 10.0. The highest BCUT2D eigenvalue weighted by Gasteiger charge is 2.24. The van der Waals surface area contributed by atoms with Crippen molar-refractivity contribution in [2.75, 3.05) is 32.1 Å². The quantitative estimate of drug-likeness (QED) is 0.835. The van der Waals surface area contributed by atoms with Gasteiger partial charge in [0, 0.05) is 31.9 Å². The van der Waals surface area contributed by atoms with Crippen LogP contribution < -0.4 is 9.64 Å². The van der Waals surface area contributed by atoms with Gasteiger partial charge in [0.2, 0.25) is 0 Å². The monoisotopic (exact) mass is 337 g/mol. The van der Waals surface area contributed by atoms with Crippen LogP contribution in [0, 0.1) is 11.3 Å². The first-order chi connectivity index (χ1) is 12.2. The van der Waals surface area contributed by atoms with Gasteiger partial charge in [-0.2, -0.15) is 10.2 Å². The molecule has 2 aromatic rings. The van der Waals surface area contributed by atoms with E-state index in [0.717, 1.165) is 49.4 Å². The Balaban J connectivity index is 1.59. The van der Waals surface area contributed by atoms with Crippen molar-refractivity contribution in [2.24, 2.45) is 0 Å². The van der Waals surface area contributed by atoms with E-state index >= 15 is 0 Å². The van der Waals surface area contributed by atoms with E-state index < -0.39 is 0 Å². The van der Waals surface area contributed by atoms with Crippen LogP contribution in [0.5, 0.6) is 6.01 Å². The minimum absolute atomic E-state index is 0.407. The van der Waals surface area contributed by atoms with Gasteiger partial charge in [0.15, 0.2) is 0 Å². The molecule has 0 atom stereocenters. The van der Waals surface area contributed by atoms with E-state index in [-0.39, 0.29) is 0 Å². The summed E-state index contributed by atoms with van der Waals surface area (Å²) in [7, 11) is 3.72. The van der Waals surface area contributed by atoms with Crippen molar-refractivity contribution in [3.8, 4) is 12.1 Å². The average Bonchev–Trinajstić information content (AvgIpc) is 2.68. The van der Waals surface area contributed by atoms with Crippen molar-refractivity contribution in [2.45, 2.75) is 25.4 Å². The fourth-order valence-corrected chi connectivity index (χ4v) is 3.31. The Kier molecular flexibility index (Phi) is 5.46. The molecule has 25 heavy (non-hydrogen) atoms. The number of piperidine rings is 1. The predicted molar refractivity (Wildman–Crippen MR) is 96.4 cm³/mol. The number of methoxy groups -OCH3 is 1. The van der Waals surface area contributed by atoms with E-state index in [2.05, 4.69) is 32.9 Å². The summed E-state index contributed by atoms with van der Waals surface area (Å²) in [6, 6.07) is 13.0. The van der Waals surface area contributed by atoms with Crippen molar-refractivity contribution in [3.63, 3.8) is 0 Å². The third-order valence-electron chi connectivity index (χ3n) is 4.77. The molecule has 6 nitrogen and oxygen atoms in total. The Morgan fingerprint density at radius 1 is 1.28 bits per heavy atom. The largest absolute Gasteiger partial charge is 0.467 e. The first-order valence-corrected chi connectivity index (χ1v) is 8.51. The van der Waals surface area contributed by atoms with Gasteiger partial charge in [-0.15, -0.1) is 0 Å². The minimum atomic E-state index is 0.407. The number of nitriles is 1. The molecule has 0 spiro atoms. The molecular weight excluding hydrogens is 314 g/mol. The summed E-state index contributed by atoms with van der Waals surface area (Å²) >= 11 is 0. The molecule has 1 aliphatic heterocycles. The van der Waals surface area contributed by atoms with Crippen molar-refractivity contribution < 1.29 is 4.74 Å². The van der Waals surface area contributed by atoms with Gasteiger partial charge in [-0.05, 0) is 37.6 Å². The van der Waals surface area contributed by atoms with Gasteiger partial charge < -0.3 is 9.64 Å². The normalized spacial score (nSPS) is 15.2. The zero-order valence-corrected chi connectivity index (χ0v) is 14.7. The average molecular weight is 337 g/mol. The lowest BCUT2D eigenvalue weighted by Gasteiger charge is -2.37. The SMILES string of the molecule is COc1nccc(N2CCC(N(C)Cc3ccccc3C#N)CC2)n1. The van der Waals surface area contributed by atoms with E-state index in [1.54, 1.807) is 13.3 Å².